The maximum atomic E-state index is 5.66. The van der Waals surface area contributed by atoms with Gasteiger partial charge >= 0.3 is 0 Å². The lowest BCUT2D eigenvalue weighted by Crippen LogP contribution is -2.15. The van der Waals surface area contributed by atoms with Gasteiger partial charge in [0.15, 0.2) is 0 Å². The van der Waals surface area contributed by atoms with Gasteiger partial charge in [0.25, 0.3) is 0 Å². The molecular weight excluding hydrogens is 576 g/mol. The van der Waals surface area contributed by atoms with Gasteiger partial charge in [-0.05, 0) is 12.8 Å². The van der Waals surface area contributed by atoms with Gasteiger partial charge in [0.05, 0.1) is 106 Å². The summed E-state index contributed by atoms with van der Waals surface area (Å²) in [6.45, 7) is 15.4. The van der Waals surface area contributed by atoms with Crippen molar-refractivity contribution >= 4 is 0 Å². The van der Waals surface area contributed by atoms with E-state index in [1.54, 1.807) is 0 Å². The van der Waals surface area contributed by atoms with E-state index in [9.17, 15) is 0 Å². The fourth-order valence-corrected chi connectivity index (χ4v) is 4.54. The molecule has 0 radical (unpaired) electrons. The Morgan fingerprint density at radius 3 is 0.533 bits per heavy atom. The third-order valence-electron chi connectivity index (χ3n) is 7.26. The van der Waals surface area contributed by atoms with E-state index in [1.807, 2.05) is 0 Å². The molecule has 0 aromatic heterocycles. The highest BCUT2D eigenvalue weighted by atomic mass is 16.6. The van der Waals surface area contributed by atoms with Gasteiger partial charge in [0.1, 0.15) is 0 Å². The average Bonchev–Trinajstić information content (AvgIpc) is 3.05. The summed E-state index contributed by atoms with van der Waals surface area (Å²) in [7, 11) is 0. The van der Waals surface area contributed by atoms with Crippen LogP contribution >= 0.6 is 0 Å². The van der Waals surface area contributed by atoms with Gasteiger partial charge < -0.3 is 42.6 Å². The first-order chi connectivity index (χ1) is 22.4. The molecule has 0 aliphatic rings. The van der Waals surface area contributed by atoms with Gasteiger partial charge in [0.2, 0.25) is 0 Å². The Morgan fingerprint density at radius 1 is 0.178 bits per heavy atom. The maximum absolute atomic E-state index is 5.66. The zero-order valence-corrected chi connectivity index (χ0v) is 29.7. The van der Waals surface area contributed by atoms with Crippen LogP contribution in [-0.2, 0) is 42.6 Å². The lowest BCUT2D eigenvalue weighted by molar-refractivity contribution is -0.0250. The lowest BCUT2D eigenvalue weighted by atomic mass is 10.1. The number of rotatable bonds is 42. The van der Waals surface area contributed by atoms with Crippen molar-refractivity contribution in [1.29, 1.82) is 0 Å². The van der Waals surface area contributed by atoms with Crippen molar-refractivity contribution in [1.82, 2.24) is 0 Å². The van der Waals surface area contributed by atoms with E-state index in [0.29, 0.717) is 106 Å². The Morgan fingerprint density at radius 2 is 0.333 bits per heavy atom. The van der Waals surface area contributed by atoms with E-state index in [1.165, 1.54) is 89.9 Å². The summed E-state index contributed by atoms with van der Waals surface area (Å²) in [6, 6.07) is 0. The first-order valence-electron chi connectivity index (χ1n) is 18.6. The molecule has 0 N–H and O–H groups in total. The van der Waals surface area contributed by atoms with Crippen molar-refractivity contribution in [3.8, 4) is 0 Å². The molecule has 0 atom stereocenters. The lowest BCUT2D eigenvalue weighted by Gasteiger charge is -2.09. The van der Waals surface area contributed by atoms with Crippen molar-refractivity contribution < 1.29 is 42.6 Å². The molecule has 0 aromatic carbocycles. The SMILES string of the molecule is CCCCCCCCCCCCCOCCOCCOCCOCCOCCOCCOCCOCCOCCCCCCC. The molecule has 0 saturated carbocycles. The molecular formula is C36H74O9. The van der Waals surface area contributed by atoms with Gasteiger partial charge in [-0.2, -0.15) is 0 Å². The summed E-state index contributed by atoms with van der Waals surface area (Å²) in [4.78, 5) is 0. The summed E-state index contributed by atoms with van der Waals surface area (Å²) in [5.74, 6) is 0. The van der Waals surface area contributed by atoms with E-state index in [2.05, 4.69) is 13.8 Å². The Labute approximate surface area is 278 Å². The molecule has 0 rings (SSSR count). The van der Waals surface area contributed by atoms with Gasteiger partial charge in [-0.3, -0.25) is 0 Å². The predicted octanol–water partition coefficient (Wildman–Crippen LogP) is 7.42. The molecule has 0 saturated heterocycles. The molecule has 0 aliphatic heterocycles. The first kappa shape index (κ1) is 44.6. The van der Waals surface area contributed by atoms with Gasteiger partial charge in [-0.1, -0.05) is 104 Å². The molecule has 9 nitrogen and oxygen atoms in total. The first-order valence-corrected chi connectivity index (χ1v) is 18.6. The van der Waals surface area contributed by atoms with Crippen molar-refractivity contribution in [2.24, 2.45) is 0 Å². The Kier molecular flexibility index (Phi) is 43.3. The number of unbranched alkanes of at least 4 members (excludes halogenated alkanes) is 14. The topological polar surface area (TPSA) is 83.1 Å². The second-order valence-electron chi connectivity index (χ2n) is 11.5. The van der Waals surface area contributed by atoms with Crippen molar-refractivity contribution in [2.45, 2.75) is 117 Å². The second-order valence-corrected chi connectivity index (χ2v) is 11.5. The fraction of sp³-hybridized carbons (Fsp3) is 1.00. The van der Waals surface area contributed by atoms with E-state index in [-0.39, 0.29) is 0 Å². The average molecular weight is 651 g/mol. The predicted molar refractivity (Wildman–Crippen MR) is 183 cm³/mol. The quantitative estimate of drug-likeness (QED) is 0.0627. The summed E-state index contributed by atoms with van der Waals surface area (Å²) < 4.78 is 49.8. The molecule has 272 valence electrons. The monoisotopic (exact) mass is 651 g/mol. The van der Waals surface area contributed by atoms with Crippen LogP contribution < -0.4 is 0 Å². The Bertz CT molecular complexity index is 457. The highest BCUT2D eigenvalue weighted by Crippen LogP contribution is 2.11. The molecule has 0 aromatic rings. The molecule has 0 unspecified atom stereocenters. The van der Waals surface area contributed by atoms with E-state index >= 15 is 0 Å². The van der Waals surface area contributed by atoms with E-state index < -0.39 is 0 Å². The molecule has 9 heteroatoms. The summed E-state index contributed by atoms with van der Waals surface area (Å²) >= 11 is 0. The largest absolute Gasteiger partial charge is 0.379 e. The molecule has 45 heavy (non-hydrogen) atoms. The van der Waals surface area contributed by atoms with Crippen molar-refractivity contribution in [2.75, 3.05) is 119 Å². The standard InChI is InChI=1S/C36H74O9/c1-3-5-7-9-10-11-12-13-14-16-18-20-38-22-24-40-26-28-42-30-32-44-34-36-45-35-33-43-31-29-41-27-25-39-23-21-37-19-17-15-8-6-4-2/h3-36H2,1-2H3. The molecule has 0 bridgehead atoms. The zero-order chi connectivity index (χ0) is 32.4. The number of ether oxygens (including phenoxy) is 9. The van der Waals surface area contributed by atoms with Gasteiger partial charge in [0, 0.05) is 13.2 Å². The maximum Gasteiger partial charge on any atom is 0.0701 e. The Balaban J connectivity index is 3.03. The fourth-order valence-electron chi connectivity index (χ4n) is 4.54. The van der Waals surface area contributed by atoms with Crippen LogP contribution in [0.2, 0.25) is 0 Å². The van der Waals surface area contributed by atoms with E-state index in [0.717, 1.165) is 26.1 Å². The van der Waals surface area contributed by atoms with Gasteiger partial charge in [-0.15, -0.1) is 0 Å². The summed E-state index contributed by atoms with van der Waals surface area (Å²) in [5, 5.41) is 0. The zero-order valence-electron chi connectivity index (χ0n) is 29.7. The summed E-state index contributed by atoms with van der Waals surface area (Å²) in [6.07, 6.45) is 21.2. The van der Waals surface area contributed by atoms with Crippen LogP contribution in [0.4, 0.5) is 0 Å². The second kappa shape index (κ2) is 43.6. The third kappa shape index (κ3) is 43.6. The third-order valence-corrected chi connectivity index (χ3v) is 7.26. The molecule has 0 fully saturated rings. The highest BCUT2D eigenvalue weighted by molar-refractivity contribution is 4.48. The van der Waals surface area contributed by atoms with Crippen LogP contribution in [0.1, 0.15) is 117 Å². The molecule has 0 heterocycles. The minimum atomic E-state index is 0.544. The highest BCUT2D eigenvalue weighted by Gasteiger charge is 1.97. The minimum Gasteiger partial charge on any atom is -0.379 e. The van der Waals surface area contributed by atoms with E-state index in [4.69, 9.17) is 42.6 Å². The van der Waals surface area contributed by atoms with Crippen LogP contribution in [0.5, 0.6) is 0 Å². The normalized spacial score (nSPS) is 11.6. The smallest absolute Gasteiger partial charge is 0.0701 e. The molecule has 0 amide bonds. The van der Waals surface area contributed by atoms with Crippen LogP contribution in [0.3, 0.4) is 0 Å². The van der Waals surface area contributed by atoms with Crippen LogP contribution in [-0.4, -0.2) is 119 Å². The van der Waals surface area contributed by atoms with Gasteiger partial charge in [-0.25, -0.2) is 0 Å². The number of hydrogen-bond acceptors (Lipinski definition) is 9. The van der Waals surface area contributed by atoms with Crippen molar-refractivity contribution in [3.05, 3.63) is 0 Å². The van der Waals surface area contributed by atoms with Crippen LogP contribution in [0.25, 0.3) is 0 Å². The van der Waals surface area contributed by atoms with Crippen molar-refractivity contribution in [3.63, 3.8) is 0 Å². The molecule has 0 aliphatic carbocycles. The Hall–Kier alpha value is -0.360. The van der Waals surface area contributed by atoms with Crippen LogP contribution in [0, 0.1) is 0 Å². The minimum absolute atomic E-state index is 0.544. The number of hydrogen-bond donors (Lipinski definition) is 0. The summed E-state index contributed by atoms with van der Waals surface area (Å²) in [5.41, 5.74) is 0. The van der Waals surface area contributed by atoms with Crippen LogP contribution in [0.15, 0.2) is 0 Å². The molecule has 0 spiro atoms.